The highest BCUT2D eigenvalue weighted by Gasteiger charge is 2.56. The van der Waals surface area contributed by atoms with Crippen LogP contribution in [-0.4, -0.2) is 62.2 Å². The second-order valence-electron chi connectivity index (χ2n) is 10.2. The molecule has 8 nitrogen and oxygen atoms in total. The van der Waals surface area contributed by atoms with Crippen LogP contribution in [0.4, 0.5) is 0 Å². The fourth-order valence-electron chi connectivity index (χ4n) is 3.81. The maximum atomic E-state index is 12.8. The molecule has 3 aliphatic heterocycles. The predicted molar refractivity (Wildman–Crippen MR) is 114 cm³/mol. The topological polar surface area (TPSA) is 83.5 Å². The van der Waals surface area contributed by atoms with E-state index < -0.39 is 44.4 Å². The minimum Gasteiger partial charge on any atom is -0.406 e. The van der Waals surface area contributed by atoms with Gasteiger partial charge in [0.25, 0.3) is 11.8 Å². The third-order valence-electron chi connectivity index (χ3n) is 6.44. The quantitative estimate of drug-likeness (QED) is 0.514. The van der Waals surface area contributed by atoms with Crippen molar-refractivity contribution in [3.63, 3.8) is 0 Å². The molecule has 0 aliphatic carbocycles. The van der Waals surface area contributed by atoms with E-state index in [9.17, 15) is 9.59 Å². The van der Waals surface area contributed by atoms with Crippen molar-refractivity contribution >= 4 is 20.1 Å². The van der Waals surface area contributed by atoms with Gasteiger partial charge in [-0.25, -0.2) is 4.84 Å². The number of hydrogen-bond acceptors (Lipinski definition) is 7. The van der Waals surface area contributed by atoms with Gasteiger partial charge in [0.15, 0.2) is 14.1 Å². The molecule has 9 heteroatoms. The highest BCUT2D eigenvalue weighted by Crippen LogP contribution is 2.42. The molecule has 4 rings (SSSR count). The molecule has 1 unspecified atom stereocenters. The molecule has 3 aliphatic rings. The molecule has 0 spiro atoms. The first-order valence-electron chi connectivity index (χ1n) is 10.6. The summed E-state index contributed by atoms with van der Waals surface area (Å²) in [6.07, 6.45) is -2.43. The Bertz CT molecular complexity index is 859. The average Bonchev–Trinajstić information content (AvgIpc) is 3.11. The first-order valence-corrected chi connectivity index (χ1v) is 13.5. The van der Waals surface area contributed by atoms with E-state index in [0.29, 0.717) is 11.1 Å². The number of amides is 2. The van der Waals surface area contributed by atoms with Gasteiger partial charge in [-0.2, -0.15) is 0 Å². The average molecular weight is 450 g/mol. The summed E-state index contributed by atoms with van der Waals surface area (Å²) in [6, 6.07) is 6.64. The van der Waals surface area contributed by atoms with Crippen molar-refractivity contribution in [1.29, 1.82) is 0 Å². The van der Waals surface area contributed by atoms with Gasteiger partial charge in [0, 0.05) is 0 Å². The van der Waals surface area contributed by atoms with Gasteiger partial charge < -0.3 is 18.6 Å². The smallest absolute Gasteiger partial charge is 0.285 e. The van der Waals surface area contributed by atoms with E-state index in [1.807, 2.05) is 13.8 Å². The first-order chi connectivity index (χ1) is 14.3. The van der Waals surface area contributed by atoms with Crippen LogP contribution < -0.4 is 0 Å². The molecule has 4 atom stereocenters. The number of ether oxygens (including phenoxy) is 3. The second-order valence-corrected chi connectivity index (χ2v) is 15.0. The summed E-state index contributed by atoms with van der Waals surface area (Å²) in [5.74, 6) is -1.82. The Hall–Kier alpha value is -1.62. The van der Waals surface area contributed by atoms with E-state index in [0.717, 1.165) is 5.06 Å². The summed E-state index contributed by atoms with van der Waals surface area (Å²) in [7, 11) is -2.28. The van der Waals surface area contributed by atoms with Crippen molar-refractivity contribution in [2.24, 2.45) is 0 Å². The van der Waals surface area contributed by atoms with Gasteiger partial charge in [-0.3, -0.25) is 9.59 Å². The van der Waals surface area contributed by atoms with Crippen LogP contribution >= 0.6 is 0 Å². The van der Waals surface area contributed by atoms with Crippen LogP contribution in [0.1, 0.15) is 55.3 Å². The molecular weight excluding hydrogens is 418 g/mol. The van der Waals surface area contributed by atoms with E-state index in [-0.39, 0.29) is 17.7 Å². The number of carbonyl (C=O) groups excluding carboxylic acids is 2. The molecule has 0 saturated carbocycles. The number of benzene rings is 1. The van der Waals surface area contributed by atoms with Crippen LogP contribution in [-0.2, 0) is 23.5 Å². The van der Waals surface area contributed by atoms with E-state index in [4.69, 9.17) is 23.5 Å². The molecule has 3 heterocycles. The van der Waals surface area contributed by atoms with Crippen LogP contribution in [0.25, 0.3) is 0 Å². The number of carbonyl (C=O) groups is 2. The SMILES string of the molecule is CC1(C)O[C@H]2[C@H](COC(ON3C(=O)c4ccccc4C3=O)[C@@H]2O[Si](C)(C)C(C)(C)C)O1. The molecular formula is C22H31NO7Si. The number of fused-ring (bicyclic) bond motifs is 2. The van der Waals surface area contributed by atoms with Gasteiger partial charge in [0.2, 0.25) is 6.29 Å². The van der Waals surface area contributed by atoms with Crippen molar-refractivity contribution in [3.05, 3.63) is 35.4 Å². The maximum Gasteiger partial charge on any atom is 0.285 e. The van der Waals surface area contributed by atoms with E-state index >= 15 is 0 Å². The monoisotopic (exact) mass is 449 g/mol. The standard InChI is InChI=1S/C22H31NO7Si/c1-21(2,3)31(6,7)30-17-16-15(27-22(4,5)28-16)12-26-20(17)29-23-18(24)13-10-8-9-11-14(13)19(23)25/h8-11,15-17,20H,12H2,1-7H3/t15-,16-,17+,20?/m0/s1. The zero-order chi connectivity index (χ0) is 22.8. The lowest BCUT2D eigenvalue weighted by molar-refractivity contribution is -0.299. The number of hydrogen-bond donors (Lipinski definition) is 0. The van der Waals surface area contributed by atoms with Crippen LogP contribution in [0.3, 0.4) is 0 Å². The van der Waals surface area contributed by atoms with E-state index in [1.54, 1.807) is 24.3 Å². The molecule has 2 saturated heterocycles. The van der Waals surface area contributed by atoms with Gasteiger partial charge in [-0.1, -0.05) is 32.9 Å². The third kappa shape index (κ3) is 3.99. The van der Waals surface area contributed by atoms with Gasteiger partial charge in [-0.15, -0.1) is 5.06 Å². The van der Waals surface area contributed by atoms with Crippen LogP contribution in [0.2, 0.25) is 18.1 Å². The molecule has 0 aromatic heterocycles. The molecule has 170 valence electrons. The Kier molecular flexibility index (Phi) is 5.43. The third-order valence-corrected chi connectivity index (χ3v) is 10.9. The van der Waals surface area contributed by atoms with Crippen LogP contribution in [0, 0.1) is 0 Å². The molecule has 2 amide bonds. The lowest BCUT2D eigenvalue weighted by Crippen LogP contribution is -2.60. The summed E-state index contributed by atoms with van der Waals surface area (Å²) in [4.78, 5) is 31.5. The minimum absolute atomic E-state index is 0.0744. The maximum absolute atomic E-state index is 12.8. The fraction of sp³-hybridized carbons (Fsp3) is 0.636. The van der Waals surface area contributed by atoms with Gasteiger partial charge in [0.1, 0.15) is 18.3 Å². The predicted octanol–water partition coefficient (Wildman–Crippen LogP) is 3.48. The van der Waals surface area contributed by atoms with Crippen molar-refractivity contribution in [1.82, 2.24) is 5.06 Å². The Morgan fingerprint density at radius 3 is 2.19 bits per heavy atom. The zero-order valence-electron chi connectivity index (χ0n) is 19.1. The number of rotatable bonds is 4. The Morgan fingerprint density at radius 2 is 1.65 bits per heavy atom. The van der Waals surface area contributed by atoms with E-state index in [1.165, 1.54) is 0 Å². The lowest BCUT2D eigenvalue weighted by atomic mass is 10.1. The molecule has 1 aromatic carbocycles. The lowest BCUT2D eigenvalue weighted by Gasteiger charge is -2.45. The minimum atomic E-state index is -2.28. The molecule has 0 N–H and O–H groups in total. The van der Waals surface area contributed by atoms with Gasteiger partial charge in [0.05, 0.1) is 17.7 Å². The molecule has 31 heavy (non-hydrogen) atoms. The number of nitrogens with zero attached hydrogens (tertiary/aromatic N) is 1. The summed E-state index contributed by atoms with van der Waals surface area (Å²) in [6.45, 7) is 14.5. The second kappa shape index (κ2) is 7.46. The highest BCUT2D eigenvalue weighted by atomic mass is 28.4. The Balaban J connectivity index is 1.61. The van der Waals surface area contributed by atoms with Gasteiger partial charge in [-0.05, 0) is 44.1 Å². The molecule has 0 bridgehead atoms. The van der Waals surface area contributed by atoms with Crippen molar-refractivity contribution in [3.8, 4) is 0 Å². The summed E-state index contributed by atoms with van der Waals surface area (Å²) >= 11 is 0. The Labute approximate surface area is 183 Å². The Morgan fingerprint density at radius 1 is 1.06 bits per heavy atom. The summed E-state index contributed by atoms with van der Waals surface area (Å²) in [5.41, 5.74) is 0.620. The van der Waals surface area contributed by atoms with Crippen molar-refractivity contribution in [2.45, 2.75) is 83.1 Å². The normalized spacial score (nSPS) is 30.5. The fourth-order valence-corrected chi connectivity index (χ4v) is 5.09. The van der Waals surface area contributed by atoms with Crippen molar-refractivity contribution in [2.75, 3.05) is 6.61 Å². The zero-order valence-corrected chi connectivity index (χ0v) is 20.1. The number of hydroxylamine groups is 2. The number of imide groups is 1. The van der Waals surface area contributed by atoms with Gasteiger partial charge >= 0.3 is 0 Å². The molecule has 1 aromatic rings. The largest absolute Gasteiger partial charge is 0.406 e. The highest BCUT2D eigenvalue weighted by molar-refractivity contribution is 6.74. The van der Waals surface area contributed by atoms with Crippen LogP contribution in [0.15, 0.2) is 24.3 Å². The van der Waals surface area contributed by atoms with E-state index in [2.05, 4.69) is 33.9 Å². The van der Waals surface area contributed by atoms with Crippen LogP contribution in [0.5, 0.6) is 0 Å². The molecule has 0 radical (unpaired) electrons. The first kappa shape index (κ1) is 22.6. The van der Waals surface area contributed by atoms with Crippen molar-refractivity contribution < 1.29 is 33.1 Å². The summed E-state index contributed by atoms with van der Waals surface area (Å²) in [5, 5.41) is 0.702. The molecule has 2 fully saturated rings. The summed E-state index contributed by atoms with van der Waals surface area (Å²) < 4.78 is 24.7.